The molecule has 0 aromatic rings. The Morgan fingerprint density at radius 3 is 2.17 bits per heavy atom. The number of likely N-dealkylation sites (N-methyl/N-ethyl adjacent to an activating group) is 1. The highest BCUT2D eigenvalue weighted by Gasteiger charge is 2.17. The summed E-state index contributed by atoms with van der Waals surface area (Å²) in [5.41, 5.74) is 0. The van der Waals surface area contributed by atoms with Crippen molar-refractivity contribution >= 4 is 11.8 Å². The lowest BCUT2D eigenvalue weighted by Crippen LogP contribution is -2.48. The largest absolute Gasteiger partial charge is 0.352 e. The van der Waals surface area contributed by atoms with Gasteiger partial charge in [0.05, 0.1) is 12.6 Å². The smallest absolute Gasteiger partial charge is 0.239 e. The summed E-state index contributed by atoms with van der Waals surface area (Å²) in [4.78, 5) is 25.0. The van der Waals surface area contributed by atoms with Crippen molar-refractivity contribution in [3.63, 3.8) is 0 Å². The van der Waals surface area contributed by atoms with Crippen LogP contribution >= 0.6 is 0 Å². The van der Waals surface area contributed by atoms with Gasteiger partial charge in [-0.15, -0.1) is 0 Å². The molecule has 0 bridgehead atoms. The van der Waals surface area contributed by atoms with Gasteiger partial charge in [0.2, 0.25) is 11.8 Å². The minimum absolute atomic E-state index is 0.00204. The molecule has 0 heterocycles. The summed E-state index contributed by atoms with van der Waals surface area (Å²) >= 11 is 0. The van der Waals surface area contributed by atoms with Crippen molar-refractivity contribution < 1.29 is 9.59 Å². The zero-order chi connectivity index (χ0) is 14.3. The van der Waals surface area contributed by atoms with E-state index in [1.807, 2.05) is 13.8 Å². The second kappa shape index (κ2) is 8.08. The molecule has 0 rings (SSSR count). The lowest BCUT2D eigenvalue weighted by Gasteiger charge is -2.21. The monoisotopic (exact) mass is 257 g/mol. The third kappa shape index (κ3) is 6.00. The molecule has 0 aromatic heterocycles. The fourth-order valence-electron chi connectivity index (χ4n) is 1.29. The van der Waals surface area contributed by atoms with Crippen LogP contribution in [0, 0.1) is 5.92 Å². The van der Waals surface area contributed by atoms with Crippen LogP contribution in [0.25, 0.3) is 0 Å². The molecule has 106 valence electrons. The third-order valence-electron chi connectivity index (χ3n) is 3.18. The summed E-state index contributed by atoms with van der Waals surface area (Å²) in [6.45, 7) is 10.6. The van der Waals surface area contributed by atoms with Gasteiger partial charge in [-0.25, -0.2) is 0 Å². The standard InChI is InChI=1S/C13H27N3O2/c1-7-16(6)13(18)11(5)14-8-12(17)15-10(4)9(2)3/h9-11,14H,7-8H2,1-6H3,(H,15,17). The molecular weight excluding hydrogens is 230 g/mol. The summed E-state index contributed by atoms with van der Waals surface area (Å²) < 4.78 is 0. The molecule has 0 aromatic carbocycles. The number of hydrogen-bond donors (Lipinski definition) is 2. The predicted molar refractivity (Wildman–Crippen MR) is 73.2 cm³/mol. The topological polar surface area (TPSA) is 61.4 Å². The molecule has 18 heavy (non-hydrogen) atoms. The Morgan fingerprint density at radius 2 is 1.72 bits per heavy atom. The molecule has 0 aliphatic rings. The fraction of sp³-hybridized carbons (Fsp3) is 0.846. The number of carbonyl (C=O) groups excluding carboxylic acids is 2. The van der Waals surface area contributed by atoms with Crippen molar-refractivity contribution in [3.05, 3.63) is 0 Å². The highest BCUT2D eigenvalue weighted by molar-refractivity contribution is 5.83. The number of hydrogen-bond acceptors (Lipinski definition) is 3. The number of nitrogens with zero attached hydrogens (tertiary/aromatic N) is 1. The van der Waals surface area contributed by atoms with E-state index in [9.17, 15) is 9.59 Å². The maximum Gasteiger partial charge on any atom is 0.239 e. The molecule has 2 unspecified atom stereocenters. The molecule has 0 aliphatic carbocycles. The minimum Gasteiger partial charge on any atom is -0.352 e. The third-order valence-corrected chi connectivity index (χ3v) is 3.18. The Balaban J connectivity index is 4.02. The Morgan fingerprint density at radius 1 is 1.17 bits per heavy atom. The first kappa shape index (κ1) is 16.9. The van der Waals surface area contributed by atoms with Gasteiger partial charge in [-0.2, -0.15) is 0 Å². The number of amides is 2. The van der Waals surface area contributed by atoms with E-state index in [0.717, 1.165) is 0 Å². The molecule has 2 amide bonds. The van der Waals surface area contributed by atoms with E-state index >= 15 is 0 Å². The average molecular weight is 257 g/mol. The second-order valence-electron chi connectivity index (χ2n) is 5.06. The maximum atomic E-state index is 11.7. The van der Waals surface area contributed by atoms with Gasteiger partial charge in [0.25, 0.3) is 0 Å². The summed E-state index contributed by atoms with van der Waals surface area (Å²) in [7, 11) is 1.75. The van der Waals surface area contributed by atoms with Gasteiger partial charge in [-0.05, 0) is 26.7 Å². The first-order chi connectivity index (χ1) is 8.29. The average Bonchev–Trinajstić information content (AvgIpc) is 2.33. The Labute approximate surface area is 110 Å². The van der Waals surface area contributed by atoms with Gasteiger partial charge in [0.1, 0.15) is 0 Å². The molecule has 0 radical (unpaired) electrons. The van der Waals surface area contributed by atoms with E-state index in [1.165, 1.54) is 0 Å². The van der Waals surface area contributed by atoms with E-state index < -0.39 is 0 Å². The van der Waals surface area contributed by atoms with Gasteiger partial charge in [0.15, 0.2) is 0 Å². The molecule has 0 spiro atoms. The maximum absolute atomic E-state index is 11.7. The second-order valence-corrected chi connectivity index (χ2v) is 5.06. The highest BCUT2D eigenvalue weighted by Crippen LogP contribution is 1.99. The molecule has 5 nitrogen and oxygen atoms in total. The molecule has 0 saturated heterocycles. The fourth-order valence-corrected chi connectivity index (χ4v) is 1.29. The predicted octanol–water partition coefficient (Wildman–Crippen LogP) is 0.604. The molecule has 0 aliphatic heterocycles. The van der Waals surface area contributed by atoms with Crippen molar-refractivity contribution in [3.8, 4) is 0 Å². The molecule has 2 N–H and O–H groups in total. The van der Waals surface area contributed by atoms with Gasteiger partial charge >= 0.3 is 0 Å². The van der Waals surface area contributed by atoms with Crippen LogP contribution < -0.4 is 10.6 Å². The summed E-state index contributed by atoms with van der Waals surface area (Å²) in [5, 5.41) is 5.83. The quantitative estimate of drug-likeness (QED) is 0.702. The SMILES string of the molecule is CCN(C)C(=O)C(C)NCC(=O)NC(C)C(C)C. The zero-order valence-electron chi connectivity index (χ0n) is 12.4. The highest BCUT2D eigenvalue weighted by atomic mass is 16.2. The van der Waals surface area contributed by atoms with Crippen LogP contribution in [-0.2, 0) is 9.59 Å². The Bertz CT molecular complexity index is 279. The van der Waals surface area contributed by atoms with Gasteiger partial charge in [0, 0.05) is 19.6 Å². The summed E-state index contributed by atoms with van der Waals surface area (Å²) in [5.74, 6) is 0.330. The van der Waals surface area contributed by atoms with Crippen LogP contribution in [0.4, 0.5) is 0 Å². The van der Waals surface area contributed by atoms with E-state index in [4.69, 9.17) is 0 Å². The van der Waals surface area contributed by atoms with E-state index in [-0.39, 0.29) is 30.4 Å². The zero-order valence-corrected chi connectivity index (χ0v) is 12.4. The van der Waals surface area contributed by atoms with Crippen LogP contribution in [0.2, 0.25) is 0 Å². The summed E-state index contributed by atoms with van der Waals surface area (Å²) in [6, 6.07) is -0.196. The van der Waals surface area contributed by atoms with Crippen LogP contribution in [-0.4, -0.2) is 48.9 Å². The van der Waals surface area contributed by atoms with Crippen LogP contribution in [0.1, 0.15) is 34.6 Å². The first-order valence-corrected chi connectivity index (χ1v) is 6.57. The van der Waals surface area contributed by atoms with Crippen molar-refractivity contribution in [2.45, 2.75) is 46.7 Å². The van der Waals surface area contributed by atoms with Crippen LogP contribution in [0.15, 0.2) is 0 Å². The van der Waals surface area contributed by atoms with Crippen molar-refractivity contribution in [2.75, 3.05) is 20.1 Å². The van der Waals surface area contributed by atoms with Crippen molar-refractivity contribution in [1.82, 2.24) is 15.5 Å². The molecule has 0 fully saturated rings. The van der Waals surface area contributed by atoms with Crippen molar-refractivity contribution in [1.29, 1.82) is 0 Å². The normalized spacial score (nSPS) is 14.2. The minimum atomic E-state index is -0.338. The number of carbonyl (C=O) groups is 2. The lowest BCUT2D eigenvalue weighted by atomic mass is 10.1. The molecule has 2 atom stereocenters. The van der Waals surface area contributed by atoms with Gasteiger partial charge in [-0.1, -0.05) is 13.8 Å². The van der Waals surface area contributed by atoms with Crippen LogP contribution in [0.3, 0.4) is 0 Å². The van der Waals surface area contributed by atoms with E-state index in [2.05, 4.69) is 24.5 Å². The van der Waals surface area contributed by atoms with E-state index in [1.54, 1.807) is 18.9 Å². The first-order valence-electron chi connectivity index (χ1n) is 6.57. The number of nitrogens with one attached hydrogen (secondary N) is 2. The molecule has 0 saturated carbocycles. The summed E-state index contributed by atoms with van der Waals surface area (Å²) in [6.07, 6.45) is 0. The number of rotatable bonds is 7. The van der Waals surface area contributed by atoms with Gasteiger partial charge < -0.3 is 10.2 Å². The van der Waals surface area contributed by atoms with Crippen LogP contribution in [0.5, 0.6) is 0 Å². The Hall–Kier alpha value is -1.10. The lowest BCUT2D eigenvalue weighted by molar-refractivity contribution is -0.131. The van der Waals surface area contributed by atoms with Gasteiger partial charge in [-0.3, -0.25) is 14.9 Å². The Kier molecular flexibility index (Phi) is 7.59. The molecular formula is C13H27N3O2. The van der Waals surface area contributed by atoms with E-state index in [0.29, 0.717) is 12.5 Å². The molecule has 5 heteroatoms. The van der Waals surface area contributed by atoms with Crippen molar-refractivity contribution in [2.24, 2.45) is 5.92 Å².